The maximum Gasteiger partial charge on any atom is 0.236 e. The Morgan fingerprint density at radius 2 is 2.41 bits per heavy atom. The van der Waals surface area contributed by atoms with Crippen molar-refractivity contribution in [1.29, 1.82) is 0 Å². The number of furan rings is 1. The number of hydrogen-bond donors (Lipinski definition) is 1. The van der Waals surface area contributed by atoms with Crippen LogP contribution in [0.2, 0.25) is 5.15 Å². The molecule has 3 heterocycles. The molecule has 0 bridgehead atoms. The largest absolute Gasteiger partial charge is 0.467 e. The van der Waals surface area contributed by atoms with E-state index in [1.807, 2.05) is 22.7 Å². The Kier molecular flexibility index (Phi) is 2.45. The van der Waals surface area contributed by atoms with Gasteiger partial charge in [-0.3, -0.25) is 4.40 Å². The molecule has 0 unspecified atom stereocenters. The van der Waals surface area contributed by atoms with Gasteiger partial charge in [0.25, 0.3) is 0 Å². The van der Waals surface area contributed by atoms with Crippen molar-refractivity contribution in [2.75, 3.05) is 5.32 Å². The normalized spacial score (nSPS) is 10.9. The van der Waals surface area contributed by atoms with E-state index in [1.54, 1.807) is 18.5 Å². The minimum Gasteiger partial charge on any atom is -0.467 e. The molecule has 3 aromatic heterocycles. The van der Waals surface area contributed by atoms with Crippen LogP contribution in [-0.4, -0.2) is 14.4 Å². The summed E-state index contributed by atoms with van der Waals surface area (Å²) in [5.74, 6) is 2.25. The number of rotatable bonds is 3. The lowest BCUT2D eigenvalue weighted by Crippen LogP contribution is -2.04. The van der Waals surface area contributed by atoms with Crippen LogP contribution in [0.4, 0.5) is 5.82 Å². The van der Waals surface area contributed by atoms with Gasteiger partial charge in [-0.15, -0.1) is 0 Å². The monoisotopic (exact) mass is 248 g/mol. The van der Waals surface area contributed by atoms with Crippen LogP contribution in [0.5, 0.6) is 0 Å². The second kappa shape index (κ2) is 4.10. The fourth-order valence-corrected chi connectivity index (χ4v) is 1.78. The van der Waals surface area contributed by atoms with Crippen LogP contribution in [0.15, 0.2) is 41.3 Å². The van der Waals surface area contributed by atoms with Crippen molar-refractivity contribution in [2.24, 2.45) is 0 Å². The highest BCUT2D eigenvalue weighted by molar-refractivity contribution is 6.29. The first-order valence-electron chi connectivity index (χ1n) is 5.09. The third kappa shape index (κ3) is 1.97. The standard InChI is InChI=1S/C11H9ClN4O/c12-9-6-10(14-7-8-2-1-5-17-8)16-4-3-13-11(16)15-9/h1-6,14H,7H2. The Hall–Kier alpha value is -2.01. The van der Waals surface area contributed by atoms with Crippen LogP contribution >= 0.6 is 11.6 Å². The van der Waals surface area contributed by atoms with Gasteiger partial charge in [0.2, 0.25) is 5.78 Å². The smallest absolute Gasteiger partial charge is 0.236 e. The maximum absolute atomic E-state index is 5.91. The molecule has 86 valence electrons. The molecule has 0 aliphatic heterocycles. The first kappa shape index (κ1) is 10.2. The van der Waals surface area contributed by atoms with Gasteiger partial charge < -0.3 is 9.73 Å². The van der Waals surface area contributed by atoms with E-state index in [-0.39, 0.29) is 0 Å². The molecule has 0 amide bonds. The van der Waals surface area contributed by atoms with Crippen LogP contribution in [0.3, 0.4) is 0 Å². The number of nitrogens with one attached hydrogen (secondary N) is 1. The number of aromatic nitrogens is 3. The van der Waals surface area contributed by atoms with E-state index in [2.05, 4.69) is 15.3 Å². The van der Waals surface area contributed by atoms with Crippen molar-refractivity contribution in [1.82, 2.24) is 14.4 Å². The summed E-state index contributed by atoms with van der Waals surface area (Å²) in [7, 11) is 0. The molecule has 0 aliphatic rings. The predicted octanol–water partition coefficient (Wildman–Crippen LogP) is 2.59. The molecular weight excluding hydrogens is 240 g/mol. The van der Waals surface area contributed by atoms with Crippen molar-refractivity contribution in [2.45, 2.75) is 6.54 Å². The molecule has 0 atom stereocenters. The van der Waals surface area contributed by atoms with Crippen LogP contribution in [0, 0.1) is 0 Å². The van der Waals surface area contributed by atoms with E-state index in [9.17, 15) is 0 Å². The van der Waals surface area contributed by atoms with Crippen LogP contribution in [0.1, 0.15) is 5.76 Å². The average Bonchev–Trinajstić information content (AvgIpc) is 2.95. The molecule has 6 heteroatoms. The molecule has 0 aliphatic carbocycles. The third-order valence-electron chi connectivity index (χ3n) is 2.37. The zero-order valence-electron chi connectivity index (χ0n) is 8.80. The van der Waals surface area contributed by atoms with Gasteiger partial charge in [0.15, 0.2) is 0 Å². The van der Waals surface area contributed by atoms with Crippen molar-refractivity contribution in [3.63, 3.8) is 0 Å². The van der Waals surface area contributed by atoms with Crippen molar-refractivity contribution in [3.05, 3.63) is 47.8 Å². The highest BCUT2D eigenvalue weighted by Gasteiger charge is 2.05. The van der Waals surface area contributed by atoms with Crippen LogP contribution < -0.4 is 5.32 Å². The van der Waals surface area contributed by atoms with Crippen molar-refractivity contribution < 1.29 is 4.42 Å². The summed E-state index contributed by atoms with van der Waals surface area (Å²) in [6.45, 7) is 0.584. The summed E-state index contributed by atoms with van der Waals surface area (Å²) in [6, 6.07) is 5.50. The molecule has 0 aromatic carbocycles. The van der Waals surface area contributed by atoms with Gasteiger partial charge in [-0.2, -0.15) is 0 Å². The number of imidazole rings is 1. The van der Waals surface area contributed by atoms with E-state index in [0.29, 0.717) is 17.5 Å². The SMILES string of the molecule is Clc1cc(NCc2ccco2)n2ccnc2n1. The van der Waals surface area contributed by atoms with E-state index < -0.39 is 0 Å². The van der Waals surface area contributed by atoms with Crippen molar-refractivity contribution >= 4 is 23.2 Å². The molecule has 5 nitrogen and oxygen atoms in total. The van der Waals surface area contributed by atoms with Gasteiger partial charge in [0.05, 0.1) is 12.8 Å². The number of halogens is 1. The van der Waals surface area contributed by atoms with E-state index in [0.717, 1.165) is 11.6 Å². The van der Waals surface area contributed by atoms with Gasteiger partial charge in [0, 0.05) is 18.5 Å². The molecule has 1 N–H and O–H groups in total. The summed E-state index contributed by atoms with van der Waals surface area (Å²) in [6.07, 6.45) is 5.14. The number of anilines is 1. The van der Waals surface area contributed by atoms with Gasteiger partial charge in [-0.25, -0.2) is 9.97 Å². The highest BCUT2D eigenvalue weighted by Crippen LogP contribution is 2.16. The molecule has 0 spiro atoms. The molecule has 17 heavy (non-hydrogen) atoms. The number of fused-ring (bicyclic) bond motifs is 1. The zero-order chi connectivity index (χ0) is 11.7. The predicted molar refractivity (Wildman–Crippen MR) is 64.0 cm³/mol. The summed E-state index contributed by atoms with van der Waals surface area (Å²) in [5, 5.41) is 3.63. The lowest BCUT2D eigenvalue weighted by Gasteiger charge is -2.07. The number of nitrogens with zero attached hydrogens (tertiary/aromatic N) is 3. The third-order valence-corrected chi connectivity index (χ3v) is 2.56. The van der Waals surface area contributed by atoms with Gasteiger partial charge >= 0.3 is 0 Å². The Balaban J connectivity index is 1.91. The maximum atomic E-state index is 5.91. The van der Waals surface area contributed by atoms with Gasteiger partial charge in [-0.1, -0.05) is 11.6 Å². The van der Waals surface area contributed by atoms with Crippen LogP contribution in [0.25, 0.3) is 5.78 Å². The quantitative estimate of drug-likeness (QED) is 0.724. The lowest BCUT2D eigenvalue weighted by molar-refractivity contribution is 0.517. The average molecular weight is 249 g/mol. The topological polar surface area (TPSA) is 55.4 Å². The first-order chi connectivity index (χ1) is 8.33. The molecule has 0 saturated carbocycles. The summed E-state index contributed by atoms with van der Waals surface area (Å²) < 4.78 is 7.07. The minimum atomic E-state index is 0.408. The minimum absolute atomic E-state index is 0.408. The number of hydrogen-bond acceptors (Lipinski definition) is 4. The fourth-order valence-electron chi connectivity index (χ4n) is 1.60. The van der Waals surface area contributed by atoms with E-state index in [1.165, 1.54) is 0 Å². The van der Waals surface area contributed by atoms with Crippen molar-refractivity contribution in [3.8, 4) is 0 Å². The highest BCUT2D eigenvalue weighted by atomic mass is 35.5. The lowest BCUT2D eigenvalue weighted by atomic mass is 10.4. The Morgan fingerprint density at radius 3 is 3.24 bits per heavy atom. The summed E-state index contributed by atoms with van der Waals surface area (Å²) in [4.78, 5) is 8.18. The molecular formula is C11H9ClN4O. The molecule has 0 fully saturated rings. The zero-order valence-corrected chi connectivity index (χ0v) is 9.55. The molecule has 3 aromatic rings. The van der Waals surface area contributed by atoms with Gasteiger partial charge in [-0.05, 0) is 12.1 Å². The Labute approximate surface area is 102 Å². The van der Waals surface area contributed by atoms with Crippen LogP contribution in [-0.2, 0) is 6.54 Å². The molecule has 0 radical (unpaired) electrons. The summed E-state index contributed by atoms with van der Waals surface area (Å²) in [5.41, 5.74) is 0. The second-order valence-electron chi connectivity index (χ2n) is 3.49. The summed E-state index contributed by atoms with van der Waals surface area (Å²) >= 11 is 5.91. The second-order valence-corrected chi connectivity index (χ2v) is 3.88. The first-order valence-corrected chi connectivity index (χ1v) is 5.46. The van der Waals surface area contributed by atoms with E-state index in [4.69, 9.17) is 16.0 Å². The Bertz CT molecular complexity index is 632. The molecule has 0 saturated heterocycles. The fraction of sp³-hybridized carbons (Fsp3) is 0.0909. The van der Waals surface area contributed by atoms with E-state index >= 15 is 0 Å². The Morgan fingerprint density at radius 1 is 1.47 bits per heavy atom. The molecule has 3 rings (SSSR count). The van der Waals surface area contributed by atoms with Gasteiger partial charge in [0.1, 0.15) is 16.7 Å².